The number of unbranched alkanes of at least 4 members (excludes halogenated alkanes) is 1. The SMILES string of the molecule is CCOC(=O)CCCCC(=O)NOC(=O)c1ccccc1. The van der Waals surface area contributed by atoms with Gasteiger partial charge in [0.1, 0.15) is 0 Å². The normalized spacial score (nSPS) is 9.76. The highest BCUT2D eigenvalue weighted by molar-refractivity contribution is 5.90. The molecule has 0 aromatic heterocycles. The molecule has 0 saturated heterocycles. The number of hydrogen-bond donors (Lipinski definition) is 1. The second kappa shape index (κ2) is 9.52. The third-order valence-electron chi connectivity index (χ3n) is 2.61. The van der Waals surface area contributed by atoms with Crippen molar-refractivity contribution in [2.45, 2.75) is 32.6 Å². The van der Waals surface area contributed by atoms with E-state index in [-0.39, 0.29) is 18.8 Å². The first kappa shape index (κ1) is 16.7. The summed E-state index contributed by atoms with van der Waals surface area (Å²) in [6.45, 7) is 2.10. The maximum absolute atomic E-state index is 11.5. The minimum atomic E-state index is -0.615. The highest BCUT2D eigenvalue weighted by Crippen LogP contribution is 2.03. The lowest BCUT2D eigenvalue weighted by Crippen LogP contribution is -2.26. The zero-order chi connectivity index (χ0) is 15.5. The highest BCUT2D eigenvalue weighted by Gasteiger charge is 2.09. The van der Waals surface area contributed by atoms with Crippen molar-refractivity contribution in [2.75, 3.05) is 6.61 Å². The van der Waals surface area contributed by atoms with Crippen LogP contribution in [0.1, 0.15) is 43.0 Å². The fraction of sp³-hybridized carbons (Fsp3) is 0.400. The van der Waals surface area contributed by atoms with Crippen LogP contribution in [0.3, 0.4) is 0 Å². The number of esters is 1. The van der Waals surface area contributed by atoms with Gasteiger partial charge in [0.25, 0.3) is 5.91 Å². The average molecular weight is 293 g/mol. The fourth-order valence-electron chi connectivity index (χ4n) is 1.58. The van der Waals surface area contributed by atoms with Gasteiger partial charge in [-0.25, -0.2) is 4.79 Å². The average Bonchev–Trinajstić information content (AvgIpc) is 2.50. The molecule has 0 saturated carbocycles. The quantitative estimate of drug-likeness (QED) is 0.472. The Hall–Kier alpha value is -2.37. The number of ether oxygens (including phenoxy) is 1. The van der Waals surface area contributed by atoms with Crippen molar-refractivity contribution < 1.29 is 24.0 Å². The van der Waals surface area contributed by atoms with Gasteiger partial charge in [0.05, 0.1) is 12.2 Å². The zero-order valence-electron chi connectivity index (χ0n) is 12.0. The van der Waals surface area contributed by atoms with Crippen molar-refractivity contribution in [1.82, 2.24) is 5.48 Å². The summed E-state index contributed by atoms with van der Waals surface area (Å²) in [5.74, 6) is -1.29. The summed E-state index contributed by atoms with van der Waals surface area (Å²) in [6.07, 6.45) is 1.54. The summed E-state index contributed by atoms with van der Waals surface area (Å²) in [6, 6.07) is 8.36. The molecule has 6 nitrogen and oxygen atoms in total. The third-order valence-corrected chi connectivity index (χ3v) is 2.61. The van der Waals surface area contributed by atoms with Gasteiger partial charge in [0.2, 0.25) is 0 Å². The number of amides is 1. The molecule has 0 unspecified atom stereocenters. The number of hydrogen-bond acceptors (Lipinski definition) is 5. The molecular formula is C15H19NO5. The standard InChI is InChI=1S/C15H19NO5/c1-2-20-14(18)11-7-6-10-13(17)16-21-15(19)12-8-4-3-5-9-12/h3-5,8-9H,2,6-7,10-11H2,1H3,(H,16,17). The minimum Gasteiger partial charge on any atom is -0.466 e. The van der Waals surface area contributed by atoms with E-state index >= 15 is 0 Å². The first-order valence-electron chi connectivity index (χ1n) is 6.84. The molecule has 0 radical (unpaired) electrons. The van der Waals surface area contributed by atoms with E-state index in [0.717, 1.165) is 0 Å². The van der Waals surface area contributed by atoms with Crippen LogP contribution >= 0.6 is 0 Å². The minimum absolute atomic E-state index is 0.182. The molecule has 1 aromatic rings. The Morgan fingerprint density at radius 2 is 1.71 bits per heavy atom. The summed E-state index contributed by atoms with van der Waals surface area (Å²) >= 11 is 0. The van der Waals surface area contributed by atoms with Crippen LogP contribution in [-0.2, 0) is 19.2 Å². The molecule has 6 heteroatoms. The van der Waals surface area contributed by atoms with Crippen molar-refractivity contribution in [3.63, 3.8) is 0 Å². The molecule has 21 heavy (non-hydrogen) atoms. The van der Waals surface area contributed by atoms with Gasteiger partial charge in [-0.05, 0) is 31.9 Å². The first-order chi connectivity index (χ1) is 10.1. The summed E-state index contributed by atoms with van der Waals surface area (Å²) < 4.78 is 4.77. The molecule has 1 amide bonds. The van der Waals surface area contributed by atoms with Crippen molar-refractivity contribution in [3.8, 4) is 0 Å². The van der Waals surface area contributed by atoms with Gasteiger partial charge in [0.15, 0.2) is 0 Å². The second-order valence-corrected chi connectivity index (χ2v) is 4.29. The maximum Gasteiger partial charge on any atom is 0.362 e. The molecule has 1 N–H and O–H groups in total. The summed E-state index contributed by atoms with van der Waals surface area (Å²) in [7, 11) is 0. The van der Waals surface area contributed by atoms with E-state index in [1.807, 2.05) is 0 Å². The van der Waals surface area contributed by atoms with E-state index < -0.39 is 11.9 Å². The molecule has 114 valence electrons. The number of carbonyl (C=O) groups is 3. The van der Waals surface area contributed by atoms with Crippen LogP contribution in [-0.4, -0.2) is 24.5 Å². The van der Waals surface area contributed by atoms with Gasteiger partial charge < -0.3 is 9.57 Å². The van der Waals surface area contributed by atoms with Crippen LogP contribution in [0.15, 0.2) is 30.3 Å². The predicted octanol–water partition coefficient (Wildman–Crippen LogP) is 2.00. The number of rotatable bonds is 7. The second-order valence-electron chi connectivity index (χ2n) is 4.29. The molecule has 0 spiro atoms. The smallest absolute Gasteiger partial charge is 0.362 e. The summed E-state index contributed by atoms with van der Waals surface area (Å²) in [5.41, 5.74) is 2.45. The molecule has 0 heterocycles. The Labute approximate surface area is 123 Å². The number of nitrogens with one attached hydrogen (secondary N) is 1. The Kier molecular flexibility index (Phi) is 7.56. The van der Waals surface area contributed by atoms with Gasteiger partial charge in [0, 0.05) is 12.8 Å². The lowest BCUT2D eigenvalue weighted by atomic mass is 10.2. The van der Waals surface area contributed by atoms with Gasteiger partial charge in [-0.1, -0.05) is 18.2 Å². The highest BCUT2D eigenvalue weighted by atomic mass is 16.7. The zero-order valence-corrected chi connectivity index (χ0v) is 12.0. The van der Waals surface area contributed by atoms with Gasteiger partial charge in [-0.15, -0.1) is 0 Å². The molecule has 0 fully saturated rings. The van der Waals surface area contributed by atoms with E-state index in [1.165, 1.54) is 0 Å². The monoisotopic (exact) mass is 293 g/mol. The molecular weight excluding hydrogens is 274 g/mol. The molecule has 0 aliphatic carbocycles. The van der Waals surface area contributed by atoms with Crippen molar-refractivity contribution >= 4 is 17.8 Å². The van der Waals surface area contributed by atoms with E-state index in [1.54, 1.807) is 37.3 Å². The van der Waals surface area contributed by atoms with Crippen LogP contribution in [0.5, 0.6) is 0 Å². The number of hydroxylamine groups is 1. The third kappa shape index (κ3) is 7.10. The van der Waals surface area contributed by atoms with Crippen LogP contribution in [0.4, 0.5) is 0 Å². The molecule has 0 atom stereocenters. The Bertz CT molecular complexity index is 472. The van der Waals surface area contributed by atoms with Gasteiger partial charge in [-0.3, -0.25) is 9.59 Å². The van der Waals surface area contributed by atoms with E-state index in [2.05, 4.69) is 10.3 Å². The molecule has 1 rings (SSSR count). The maximum atomic E-state index is 11.5. The predicted molar refractivity (Wildman–Crippen MR) is 75.1 cm³/mol. The number of carbonyl (C=O) groups excluding carboxylic acids is 3. The topological polar surface area (TPSA) is 81.7 Å². The lowest BCUT2D eigenvalue weighted by Gasteiger charge is -2.05. The van der Waals surface area contributed by atoms with Crippen molar-refractivity contribution in [2.24, 2.45) is 0 Å². The van der Waals surface area contributed by atoms with Crippen LogP contribution in [0, 0.1) is 0 Å². The van der Waals surface area contributed by atoms with E-state index in [0.29, 0.717) is 25.0 Å². The van der Waals surface area contributed by atoms with Gasteiger partial charge >= 0.3 is 11.9 Å². The van der Waals surface area contributed by atoms with Crippen LogP contribution in [0.25, 0.3) is 0 Å². The number of benzene rings is 1. The fourth-order valence-corrected chi connectivity index (χ4v) is 1.58. The van der Waals surface area contributed by atoms with E-state index in [4.69, 9.17) is 4.74 Å². The van der Waals surface area contributed by atoms with Crippen LogP contribution < -0.4 is 5.48 Å². The summed E-state index contributed by atoms with van der Waals surface area (Å²) in [4.78, 5) is 38.7. The Morgan fingerprint density at radius 3 is 2.38 bits per heavy atom. The first-order valence-corrected chi connectivity index (χ1v) is 6.84. The molecule has 0 bridgehead atoms. The van der Waals surface area contributed by atoms with Gasteiger partial charge in [-0.2, -0.15) is 5.48 Å². The Balaban J connectivity index is 2.14. The molecule has 0 aliphatic heterocycles. The summed E-state index contributed by atoms with van der Waals surface area (Å²) in [5, 5.41) is 0. The van der Waals surface area contributed by atoms with Crippen molar-refractivity contribution in [3.05, 3.63) is 35.9 Å². The molecule has 1 aromatic carbocycles. The lowest BCUT2D eigenvalue weighted by molar-refractivity contribution is -0.143. The largest absolute Gasteiger partial charge is 0.466 e. The molecule has 0 aliphatic rings. The van der Waals surface area contributed by atoms with E-state index in [9.17, 15) is 14.4 Å². The van der Waals surface area contributed by atoms with Crippen molar-refractivity contribution in [1.29, 1.82) is 0 Å². The Morgan fingerprint density at radius 1 is 1.05 bits per heavy atom. The van der Waals surface area contributed by atoms with Crippen LogP contribution in [0.2, 0.25) is 0 Å².